The molecule has 0 aliphatic carbocycles. The summed E-state index contributed by atoms with van der Waals surface area (Å²) in [5, 5.41) is 8.75. The van der Waals surface area contributed by atoms with Crippen LogP contribution in [0.5, 0.6) is 0 Å². The van der Waals surface area contributed by atoms with Crippen molar-refractivity contribution in [1.82, 2.24) is 0 Å². The molecular weight excluding hydrogens is 192 g/mol. The molecule has 0 aliphatic rings. The summed E-state index contributed by atoms with van der Waals surface area (Å²) in [6.07, 6.45) is 4.83. The number of aliphatic hydroxyl groups is 1. The molecule has 0 bridgehead atoms. The third-order valence-electron chi connectivity index (χ3n) is 1.80. The molecule has 12 heavy (non-hydrogen) atoms. The van der Waals surface area contributed by atoms with Crippen molar-refractivity contribution in [3.8, 4) is 0 Å². The Morgan fingerprint density at radius 1 is 1.33 bits per heavy atom. The minimum atomic E-state index is -2.00. The van der Waals surface area contributed by atoms with Crippen molar-refractivity contribution in [3.05, 3.63) is 0 Å². The first-order valence-corrected chi connectivity index (χ1v) is 5.64. The van der Waals surface area contributed by atoms with Crippen LogP contribution in [0.3, 0.4) is 0 Å². The third kappa shape index (κ3) is 12.9. The maximum atomic E-state index is 8.75. The summed E-state index contributed by atoms with van der Waals surface area (Å²) in [6.45, 7) is 4.69. The fourth-order valence-electron chi connectivity index (χ4n) is 0.917. The van der Waals surface area contributed by atoms with Crippen LogP contribution in [0.1, 0.15) is 39.5 Å². The number of hydrogen-bond donors (Lipinski definition) is 1. The Kier molecular flexibility index (Phi) is 17.0. The molecule has 0 aromatic carbocycles. The van der Waals surface area contributed by atoms with Gasteiger partial charge >= 0.3 is 25.7 Å². The average Bonchev–Trinajstić information content (AvgIpc) is 2.08. The second-order valence-electron chi connectivity index (χ2n) is 2.68. The molecule has 0 saturated carbocycles. The van der Waals surface area contributed by atoms with E-state index in [1.54, 1.807) is 0 Å². The molecule has 0 amide bonds. The van der Waals surface area contributed by atoms with Gasteiger partial charge < -0.3 is 5.11 Å². The van der Waals surface area contributed by atoms with Crippen molar-refractivity contribution in [2.24, 2.45) is 5.92 Å². The zero-order chi connectivity index (χ0) is 9.82. The van der Waals surface area contributed by atoms with Gasteiger partial charge in [0.1, 0.15) is 0 Å². The number of unbranched alkanes of at least 4 members (excludes halogenated alkanes) is 1. The van der Waals surface area contributed by atoms with Gasteiger partial charge in [0.25, 0.3) is 0 Å². The molecule has 3 nitrogen and oxygen atoms in total. The van der Waals surface area contributed by atoms with E-state index in [0.717, 1.165) is 6.42 Å². The Morgan fingerprint density at radius 2 is 1.83 bits per heavy atom. The van der Waals surface area contributed by atoms with E-state index < -0.39 is 19.1 Å². The molecule has 0 heterocycles. The molecular formula is C8H18O3Ti. The molecule has 0 fully saturated rings. The van der Waals surface area contributed by atoms with Crippen molar-refractivity contribution in [2.75, 3.05) is 6.61 Å². The quantitative estimate of drug-likeness (QED) is 0.705. The summed E-state index contributed by atoms with van der Waals surface area (Å²) in [5.74, 6) is 0.560. The van der Waals surface area contributed by atoms with Gasteiger partial charge in [-0.2, -0.15) is 0 Å². The zero-order valence-electron chi connectivity index (χ0n) is 7.88. The summed E-state index contributed by atoms with van der Waals surface area (Å²) >= 11 is -2.00. The SMILES string of the molecule is CCCCC(CC)CO.[O]=[Ti]=[O]. The van der Waals surface area contributed by atoms with Gasteiger partial charge in [0.05, 0.1) is 0 Å². The summed E-state index contributed by atoms with van der Waals surface area (Å²) in [5.41, 5.74) is 0. The molecule has 0 saturated heterocycles. The molecule has 0 aromatic heterocycles. The maximum absolute atomic E-state index is 8.75. The van der Waals surface area contributed by atoms with E-state index in [0.29, 0.717) is 12.5 Å². The molecule has 0 rings (SSSR count). The Balaban J connectivity index is 0. The van der Waals surface area contributed by atoms with E-state index in [1.165, 1.54) is 19.3 Å². The second kappa shape index (κ2) is 13.8. The van der Waals surface area contributed by atoms with Gasteiger partial charge in [-0.3, -0.25) is 0 Å². The number of aliphatic hydroxyl groups excluding tert-OH is 1. The minimum absolute atomic E-state index is 0.372. The van der Waals surface area contributed by atoms with Crippen LogP contribution in [0.25, 0.3) is 0 Å². The number of rotatable bonds is 5. The summed E-state index contributed by atoms with van der Waals surface area (Å²) < 4.78 is 17.0. The number of hydrogen-bond acceptors (Lipinski definition) is 3. The summed E-state index contributed by atoms with van der Waals surface area (Å²) in [7, 11) is 0. The van der Waals surface area contributed by atoms with E-state index in [-0.39, 0.29) is 0 Å². The fraction of sp³-hybridized carbons (Fsp3) is 1.00. The van der Waals surface area contributed by atoms with E-state index in [4.69, 9.17) is 11.8 Å². The van der Waals surface area contributed by atoms with Crippen LogP contribution in [-0.2, 0) is 25.7 Å². The van der Waals surface area contributed by atoms with Crippen molar-refractivity contribution in [3.63, 3.8) is 0 Å². The van der Waals surface area contributed by atoms with Crippen molar-refractivity contribution >= 4 is 0 Å². The van der Waals surface area contributed by atoms with Crippen LogP contribution in [0.2, 0.25) is 0 Å². The predicted molar refractivity (Wildman–Crippen MR) is 41.8 cm³/mol. The van der Waals surface area contributed by atoms with Gasteiger partial charge in [0.15, 0.2) is 0 Å². The van der Waals surface area contributed by atoms with Gasteiger partial charge in [-0.1, -0.05) is 33.1 Å². The van der Waals surface area contributed by atoms with Gasteiger partial charge in [0, 0.05) is 6.61 Å². The van der Waals surface area contributed by atoms with Crippen LogP contribution < -0.4 is 0 Å². The van der Waals surface area contributed by atoms with Gasteiger partial charge in [-0.15, -0.1) is 0 Å². The average molecular weight is 210 g/mol. The van der Waals surface area contributed by atoms with Crippen molar-refractivity contribution in [2.45, 2.75) is 39.5 Å². The molecule has 72 valence electrons. The Labute approximate surface area is 83.1 Å². The first kappa shape index (κ1) is 14.8. The van der Waals surface area contributed by atoms with E-state index >= 15 is 0 Å². The standard InChI is InChI=1S/C8H18O.2O.Ti/c1-3-5-6-8(4-2)7-9;;;/h8-9H,3-7H2,1-2H3;;;. The molecule has 4 heteroatoms. The summed E-state index contributed by atoms with van der Waals surface area (Å²) in [6, 6.07) is 0. The van der Waals surface area contributed by atoms with Crippen LogP contribution >= 0.6 is 0 Å². The molecule has 1 unspecified atom stereocenters. The van der Waals surface area contributed by atoms with Crippen molar-refractivity contribution < 1.29 is 30.8 Å². The monoisotopic (exact) mass is 210 g/mol. The first-order valence-electron chi connectivity index (χ1n) is 4.36. The van der Waals surface area contributed by atoms with Crippen LogP contribution in [-0.4, -0.2) is 11.7 Å². The van der Waals surface area contributed by atoms with E-state index in [9.17, 15) is 0 Å². The van der Waals surface area contributed by atoms with E-state index in [2.05, 4.69) is 13.8 Å². The Morgan fingerprint density at radius 3 is 2.08 bits per heavy atom. The van der Waals surface area contributed by atoms with Crippen LogP contribution in [0.15, 0.2) is 0 Å². The molecule has 0 aliphatic heterocycles. The third-order valence-corrected chi connectivity index (χ3v) is 1.80. The predicted octanol–water partition coefficient (Wildman–Crippen LogP) is 1.95. The molecule has 0 radical (unpaired) electrons. The van der Waals surface area contributed by atoms with Crippen LogP contribution in [0.4, 0.5) is 0 Å². The van der Waals surface area contributed by atoms with Gasteiger partial charge in [-0.25, -0.2) is 0 Å². The first-order chi connectivity index (χ1) is 5.76. The van der Waals surface area contributed by atoms with Crippen molar-refractivity contribution in [1.29, 1.82) is 0 Å². The van der Waals surface area contributed by atoms with Gasteiger partial charge in [0.2, 0.25) is 0 Å². The molecule has 1 atom stereocenters. The molecule has 0 spiro atoms. The summed E-state index contributed by atoms with van der Waals surface area (Å²) in [4.78, 5) is 0. The van der Waals surface area contributed by atoms with Gasteiger partial charge in [-0.05, 0) is 12.3 Å². The zero-order valence-corrected chi connectivity index (χ0v) is 9.44. The normalized spacial score (nSPS) is 10.9. The van der Waals surface area contributed by atoms with Crippen LogP contribution in [0, 0.1) is 5.92 Å². The Bertz CT molecular complexity index is 107. The molecule has 0 aromatic rings. The topological polar surface area (TPSA) is 54.4 Å². The van der Waals surface area contributed by atoms with E-state index in [1.807, 2.05) is 0 Å². The fourth-order valence-corrected chi connectivity index (χ4v) is 0.917. The Hall–Kier alpha value is 0.274. The second-order valence-corrected chi connectivity index (χ2v) is 2.94. The molecule has 1 N–H and O–H groups in total.